The number of rotatable bonds is 6. The van der Waals surface area contributed by atoms with Gasteiger partial charge >= 0.3 is 0 Å². The van der Waals surface area contributed by atoms with Crippen molar-refractivity contribution in [2.24, 2.45) is 11.1 Å². The zero-order valence-electron chi connectivity index (χ0n) is 13.7. The smallest absolute Gasteiger partial charge is 0.182 e. The number of ether oxygens (including phenoxy) is 1. The van der Waals surface area contributed by atoms with Crippen LogP contribution >= 0.6 is 11.6 Å². The number of benzene rings is 2. The minimum Gasteiger partial charge on any atom is -0.384 e. The molecule has 134 valence electrons. The van der Waals surface area contributed by atoms with Crippen LogP contribution in [0.15, 0.2) is 53.4 Å². The second-order valence-electron chi connectivity index (χ2n) is 6.32. The first-order chi connectivity index (χ1) is 11.9. The summed E-state index contributed by atoms with van der Waals surface area (Å²) in [6, 6.07) is 11.9. The molecular weight excluding hydrogens is 365 g/mol. The third-order valence-electron chi connectivity index (χ3n) is 4.88. The molecule has 25 heavy (non-hydrogen) atoms. The van der Waals surface area contributed by atoms with Gasteiger partial charge < -0.3 is 10.5 Å². The molecule has 3 rings (SSSR count). The highest BCUT2D eigenvalue weighted by atomic mass is 35.5. The van der Waals surface area contributed by atoms with E-state index in [-0.39, 0.29) is 29.8 Å². The molecule has 0 amide bonds. The molecule has 0 bridgehead atoms. The summed E-state index contributed by atoms with van der Waals surface area (Å²) >= 11 is 5.86. The largest absolute Gasteiger partial charge is 0.384 e. The summed E-state index contributed by atoms with van der Waals surface area (Å²) in [4.78, 5) is 0.195. The maximum Gasteiger partial charge on any atom is 0.182 e. The summed E-state index contributed by atoms with van der Waals surface area (Å²) in [5.41, 5.74) is 5.97. The van der Waals surface area contributed by atoms with Gasteiger partial charge in [0.25, 0.3) is 0 Å². The normalized spacial score (nSPS) is 25.8. The maximum atomic E-state index is 13.2. The van der Waals surface area contributed by atoms with E-state index in [1.165, 1.54) is 31.4 Å². The topological polar surface area (TPSA) is 69.4 Å². The molecule has 3 atom stereocenters. The van der Waals surface area contributed by atoms with Crippen LogP contribution < -0.4 is 5.73 Å². The third kappa shape index (κ3) is 3.08. The van der Waals surface area contributed by atoms with Crippen LogP contribution in [0.1, 0.15) is 11.5 Å². The van der Waals surface area contributed by atoms with Crippen LogP contribution in [0.25, 0.3) is 0 Å². The molecule has 4 nitrogen and oxygen atoms in total. The third-order valence-corrected chi connectivity index (χ3v) is 7.47. The lowest BCUT2D eigenvalue weighted by Crippen LogP contribution is -2.28. The van der Waals surface area contributed by atoms with Gasteiger partial charge in [-0.15, -0.1) is 0 Å². The Kier molecular flexibility index (Phi) is 4.90. The van der Waals surface area contributed by atoms with Gasteiger partial charge in [-0.3, -0.25) is 0 Å². The number of nitrogens with two attached hydrogens (primary N) is 1. The first-order valence-corrected chi connectivity index (χ1v) is 9.73. The quantitative estimate of drug-likeness (QED) is 0.832. The van der Waals surface area contributed by atoms with E-state index in [0.717, 1.165) is 5.56 Å². The Balaban J connectivity index is 2.05. The monoisotopic (exact) mass is 383 g/mol. The Morgan fingerprint density at radius 3 is 2.28 bits per heavy atom. The molecule has 0 saturated heterocycles. The molecule has 0 heterocycles. The average molecular weight is 384 g/mol. The molecule has 0 aromatic heterocycles. The zero-order valence-corrected chi connectivity index (χ0v) is 15.2. The van der Waals surface area contributed by atoms with Crippen molar-refractivity contribution in [2.45, 2.75) is 16.1 Å². The molecule has 2 aromatic carbocycles. The fourth-order valence-electron chi connectivity index (χ4n) is 3.63. The second-order valence-corrected chi connectivity index (χ2v) is 8.82. The van der Waals surface area contributed by atoms with Crippen LogP contribution in [-0.2, 0) is 14.6 Å². The minimum absolute atomic E-state index is 0.153. The first-order valence-electron chi connectivity index (χ1n) is 7.81. The summed E-state index contributed by atoms with van der Waals surface area (Å²) in [6.07, 6.45) is 0. The molecule has 2 N–H and O–H groups in total. The first kappa shape index (κ1) is 18.3. The molecule has 1 aliphatic rings. The Hall–Kier alpha value is -1.47. The van der Waals surface area contributed by atoms with Gasteiger partial charge in [0, 0.05) is 30.0 Å². The van der Waals surface area contributed by atoms with E-state index in [2.05, 4.69) is 0 Å². The molecule has 0 unspecified atom stereocenters. The van der Waals surface area contributed by atoms with Gasteiger partial charge in [0.1, 0.15) is 5.82 Å². The lowest BCUT2D eigenvalue weighted by atomic mass is 10.00. The highest BCUT2D eigenvalue weighted by molar-refractivity contribution is 7.92. The van der Waals surface area contributed by atoms with Crippen molar-refractivity contribution in [1.82, 2.24) is 0 Å². The van der Waals surface area contributed by atoms with Gasteiger partial charge in [-0.05, 0) is 42.0 Å². The van der Waals surface area contributed by atoms with Crippen molar-refractivity contribution in [3.8, 4) is 0 Å². The van der Waals surface area contributed by atoms with Crippen LogP contribution in [0.3, 0.4) is 0 Å². The highest BCUT2D eigenvalue weighted by Crippen LogP contribution is 2.63. The van der Waals surface area contributed by atoms with Crippen molar-refractivity contribution in [3.63, 3.8) is 0 Å². The van der Waals surface area contributed by atoms with Crippen molar-refractivity contribution in [2.75, 3.05) is 20.3 Å². The number of methoxy groups -OCH3 is 1. The Morgan fingerprint density at radius 1 is 1.16 bits per heavy atom. The fraction of sp³-hybridized carbons (Fsp3) is 0.333. The van der Waals surface area contributed by atoms with Crippen molar-refractivity contribution < 1.29 is 17.5 Å². The molecule has 7 heteroatoms. The van der Waals surface area contributed by atoms with Gasteiger partial charge in [-0.1, -0.05) is 23.7 Å². The summed E-state index contributed by atoms with van der Waals surface area (Å²) < 4.78 is 44.9. The van der Waals surface area contributed by atoms with Crippen molar-refractivity contribution in [1.29, 1.82) is 0 Å². The predicted molar refractivity (Wildman–Crippen MR) is 94.9 cm³/mol. The molecule has 0 radical (unpaired) electrons. The summed E-state index contributed by atoms with van der Waals surface area (Å²) in [7, 11) is -2.13. The van der Waals surface area contributed by atoms with Crippen LogP contribution in [0.5, 0.6) is 0 Å². The molecule has 1 saturated carbocycles. The van der Waals surface area contributed by atoms with Crippen molar-refractivity contribution in [3.05, 3.63) is 64.9 Å². The van der Waals surface area contributed by atoms with Gasteiger partial charge in [0.15, 0.2) is 9.84 Å². The molecular formula is C18H19ClFNO3S. The van der Waals surface area contributed by atoms with Crippen LogP contribution in [0.2, 0.25) is 5.02 Å². The molecule has 2 aromatic rings. The molecule has 1 aliphatic carbocycles. The van der Waals surface area contributed by atoms with Crippen molar-refractivity contribution >= 4 is 21.4 Å². The van der Waals surface area contributed by atoms with Crippen LogP contribution in [-0.4, -0.2) is 33.9 Å². The minimum atomic E-state index is -3.64. The van der Waals surface area contributed by atoms with E-state index in [0.29, 0.717) is 5.02 Å². The Bertz CT molecular complexity index is 855. The SMILES string of the molecule is COC[C@]1(CN)[C@H](c2ccc(F)cc2)[C@H]1S(=O)(=O)c1ccc(Cl)cc1. The second kappa shape index (κ2) is 6.68. The zero-order chi connectivity index (χ0) is 18.2. The Labute approximate surface area is 151 Å². The summed E-state index contributed by atoms with van der Waals surface area (Å²) in [5.74, 6) is -0.717. The highest BCUT2D eigenvalue weighted by Gasteiger charge is 2.70. The number of hydrogen-bond acceptors (Lipinski definition) is 4. The lowest BCUT2D eigenvalue weighted by Gasteiger charge is -2.15. The summed E-state index contributed by atoms with van der Waals surface area (Å²) in [5, 5.41) is -0.261. The number of sulfone groups is 1. The maximum absolute atomic E-state index is 13.2. The Morgan fingerprint density at radius 2 is 1.76 bits per heavy atom. The van der Waals surface area contributed by atoms with E-state index in [4.69, 9.17) is 22.1 Å². The van der Waals surface area contributed by atoms with E-state index in [1.54, 1.807) is 24.3 Å². The van der Waals surface area contributed by atoms with Gasteiger partial charge in [0.05, 0.1) is 16.8 Å². The lowest BCUT2D eigenvalue weighted by molar-refractivity contribution is 0.142. The van der Waals surface area contributed by atoms with Gasteiger partial charge in [-0.25, -0.2) is 12.8 Å². The summed E-state index contributed by atoms with van der Waals surface area (Å²) in [6.45, 7) is 0.364. The predicted octanol–water partition coefficient (Wildman–Crippen LogP) is 3.01. The van der Waals surface area contributed by atoms with E-state index in [1.807, 2.05) is 0 Å². The average Bonchev–Trinajstić information content (AvgIpc) is 3.26. The van der Waals surface area contributed by atoms with E-state index in [9.17, 15) is 12.8 Å². The number of hydrogen-bond donors (Lipinski definition) is 1. The van der Waals surface area contributed by atoms with Gasteiger partial charge in [0.2, 0.25) is 0 Å². The van der Waals surface area contributed by atoms with E-state index < -0.39 is 20.5 Å². The molecule has 0 aliphatic heterocycles. The molecule has 1 fully saturated rings. The standard InChI is InChI=1S/C18H19ClFNO3S/c1-24-11-18(10-21)16(12-2-6-14(20)7-3-12)17(18)25(22,23)15-8-4-13(19)5-9-15/h2-9,16-17H,10-11,21H2,1H3/t16-,17-,18-/m1/s1. The van der Waals surface area contributed by atoms with Gasteiger partial charge in [-0.2, -0.15) is 0 Å². The van der Waals surface area contributed by atoms with Crippen LogP contribution in [0.4, 0.5) is 4.39 Å². The van der Waals surface area contributed by atoms with E-state index >= 15 is 0 Å². The molecule has 0 spiro atoms. The van der Waals surface area contributed by atoms with Crippen LogP contribution in [0, 0.1) is 11.2 Å². The number of halogens is 2. The fourth-order valence-corrected chi connectivity index (χ4v) is 6.20.